The highest BCUT2D eigenvalue weighted by atomic mass is 19.2. The van der Waals surface area contributed by atoms with E-state index in [9.17, 15) is 13.6 Å². The predicted octanol–water partition coefficient (Wildman–Crippen LogP) is 2.51. The van der Waals surface area contributed by atoms with Crippen LogP contribution in [-0.2, 0) is 0 Å². The van der Waals surface area contributed by atoms with E-state index in [2.05, 4.69) is 4.98 Å². The molecule has 1 aromatic carbocycles. The number of amides is 1. The molecule has 0 spiro atoms. The number of hydrogen-bond acceptors (Lipinski definition) is 3. The lowest BCUT2D eigenvalue weighted by molar-refractivity contribution is 0.0987. The van der Waals surface area contributed by atoms with Gasteiger partial charge in [0.2, 0.25) is 5.95 Å². The van der Waals surface area contributed by atoms with Crippen molar-refractivity contribution in [2.24, 2.45) is 0 Å². The summed E-state index contributed by atoms with van der Waals surface area (Å²) in [4.78, 5) is 16.4. The van der Waals surface area contributed by atoms with E-state index < -0.39 is 23.2 Å². The number of carbonyl (C=O) groups is 1. The molecule has 4 nitrogen and oxygen atoms in total. The zero-order valence-electron chi connectivity index (χ0n) is 10.5. The molecule has 6 heteroatoms. The Labute approximate surface area is 113 Å². The minimum atomic E-state index is -1.34. The third-order valence-corrected chi connectivity index (χ3v) is 2.77. The number of hydrogen-bond donors (Lipinski definition) is 0. The summed E-state index contributed by atoms with van der Waals surface area (Å²) >= 11 is 0. The van der Waals surface area contributed by atoms with Crippen molar-refractivity contribution in [3.63, 3.8) is 0 Å². The Morgan fingerprint density at radius 3 is 2.70 bits per heavy atom. The van der Waals surface area contributed by atoms with Crippen LogP contribution in [0.15, 0.2) is 36.5 Å². The predicted molar refractivity (Wildman–Crippen MR) is 68.0 cm³/mol. The van der Waals surface area contributed by atoms with Gasteiger partial charge in [-0.1, -0.05) is 12.1 Å². The van der Waals surface area contributed by atoms with E-state index >= 15 is 0 Å². The SMILES string of the molecule is CN(C(=O)c1ccnc(F)c1F)c1ccccc1C#N. The smallest absolute Gasteiger partial charge is 0.261 e. The molecule has 100 valence electrons. The molecule has 2 rings (SSSR count). The molecule has 1 amide bonds. The van der Waals surface area contributed by atoms with Gasteiger partial charge in [-0.05, 0) is 18.2 Å². The Balaban J connectivity index is 2.44. The maximum atomic E-state index is 13.6. The number of pyridine rings is 1. The molecule has 0 saturated carbocycles. The van der Waals surface area contributed by atoms with Gasteiger partial charge in [-0.3, -0.25) is 4.79 Å². The van der Waals surface area contributed by atoms with E-state index in [1.807, 2.05) is 6.07 Å². The summed E-state index contributed by atoms with van der Waals surface area (Å²) in [7, 11) is 1.39. The molecule has 0 saturated heterocycles. The number of nitrogens with zero attached hydrogens (tertiary/aromatic N) is 3. The number of benzene rings is 1. The molecule has 1 heterocycles. The van der Waals surface area contributed by atoms with Gasteiger partial charge in [0.1, 0.15) is 6.07 Å². The number of nitriles is 1. The van der Waals surface area contributed by atoms with Crippen LogP contribution in [0.2, 0.25) is 0 Å². The summed E-state index contributed by atoms with van der Waals surface area (Å²) in [6, 6.07) is 9.39. The van der Waals surface area contributed by atoms with E-state index in [-0.39, 0.29) is 5.56 Å². The van der Waals surface area contributed by atoms with Crippen molar-refractivity contribution in [2.75, 3.05) is 11.9 Å². The standard InChI is InChI=1S/C14H9F2N3O/c1-19(11-5-3-2-4-9(11)8-17)14(20)10-6-7-18-13(16)12(10)15/h2-7H,1H3. The summed E-state index contributed by atoms with van der Waals surface area (Å²) in [6.45, 7) is 0. The van der Waals surface area contributed by atoms with Crippen molar-refractivity contribution in [1.29, 1.82) is 5.26 Å². The lowest BCUT2D eigenvalue weighted by Crippen LogP contribution is -2.28. The Bertz CT molecular complexity index is 710. The number of rotatable bonds is 2. The van der Waals surface area contributed by atoms with E-state index in [1.165, 1.54) is 13.1 Å². The Morgan fingerprint density at radius 2 is 2.00 bits per heavy atom. The van der Waals surface area contributed by atoms with Gasteiger partial charge in [0.15, 0.2) is 5.82 Å². The van der Waals surface area contributed by atoms with E-state index in [4.69, 9.17) is 5.26 Å². The molecule has 0 radical (unpaired) electrons. The lowest BCUT2D eigenvalue weighted by Gasteiger charge is -2.18. The van der Waals surface area contributed by atoms with Crippen molar-refractivity contribution in [2.45, 2.75) is 0 Å². The van der Waals surface area contributed by atoms with Crippen LogP contribution in [0.25, 0.3) is 0 Å². The maximum Gasteiger partial charge on any atom is 0.261 e. The largest absolute Gasteiger partial charge is 0.310 e. The van der Waals surface area contributed by atoms with Crippen LogP contribution in [0.5, 0.6) is 0 Å². The molecule has 0 bridgehead atoms. The fourth-order valence-corrected chi connectivity index (χ4v) is 1.73. The number of para-hydroxylation sites is 1. The summed E-state index contributed by atoms with van der Waals surface area (Å²) in [5.41, 5.74) is 0.141. The number of anilines is 1. The molecule has 2 aromatic rings. The fourth-order valence-electron chi connectivity index (χ4n) is 1.73. The van der Waals surface area contributed by atoms with Gasteiger partial charge in [0.25, 0.3) is 5.91 Å². The van der Waals surface area contributed by atoms with Crippen molar-refractivity contribution in [3.05, 3.63) is 59.4 Å². The van der Waals surface area contributed by atoms with Crippen LogP contribution in [0.3, 0.4) is 0 Å². The summed E-state index contributed by atoms with van der Waals surface area (Å²) in [5, 5.41) is 8.99. The van der Waals surface area contributed by atoms with Gasteiger partial charge in [-0.2, -0.15) is 9.65 Å². The van der Waals surface area contributed by atoms with Crippen LogP contribution in [0, 0.1) is 23.1 Å². The van der Waals surface area contributed by atoms with Crippen LogP contribution < -0.4 is 4.90 Å². The molecule has 0 aliphatic heterocycles. The number of aromatic nitrogens is 1. The minimum absolute atomic E-state index is 0.262. The first-order valence-electron chi connectivity index (χ1n) is 5.63. The third kappa shape index (κ3) is 2.34. The van der Waals surface area contributed by atoms with Gasteiger partial charge < -0.3 is 4.90 Å². The van der Waals surface area contributed by atoms with Crippen LogP contribution in [-0.4, -0.2) is 17.9 Å². The summed E-state index contributed by atoms with van der Waals surface area (Å²) in [6.07, 6.45) is 1.01. The zero-order chi connectivity index (χ0) is 14.7. The highest BCUT2D eigenvalue weighted by Crippen LogP contribution is 2.21. The fraction of sp³-hybridized carbons (Fsp3) is 0.0714. The highest BCUT2D eigenvalue weighted by Gasteiger charge is 2.21. The van der Waals surface area contributed by atoms with Gasteiger partial charge >= 0.3 is 0 Å². The second-order valence-corrected chi connectivity index (χ2v) is 3.96. The molecule has 0 unspecified atom stereocenters. The van der Waals surface area contributed by atoms with Gasteiger partial charge in [0.05, 0.1) is 16.8 Å². The van der Waals surface area contributed by atoms with E-state index in [1.54, 1.807) is 18.2 Å². The normalized spacial score (nSPS) is 9.90. The second-order valence-electron chi connectivity index (χ2n) is 3.96. The highest BCUT2D eigenvalue weighted by molar-refractivity contribution is 6.06. The molecular formula is C14H9F2N3O. The lowest BCUT2D eigenvalue weighted by atomic mass is 10.1. The van der Waals surface area contributed by atoms with E-state index in [0.717, 1.165) is 17.2 Å². The average Bonchev–Trinajstić information content (AvgIpc) is 2.48. The summed E-state index contributed by atoms with van der Waals surface area (Å²) in [5.74, 6) is -3.40. The maximum absolute atomic E-state index is 13.6. The monoisotopic (exact) mass is 273 g/mol. The minimum Gasteiger partial charge on any atom is -0.310 e. The molecule has 0 aliphatic carbocycles. The first kappa shape index (κ1) is 13.6. The number of halogens is 2. The first-order valence-corrected chi connectivity index (χ1v) is 5.63. The molecular weight excluding hydrogens is 264 g/mol. The van der Waals surface area contributed by atoms with Crippen molar-refractivity contribution in [3.8, 4) is 6.07 Å². The second kappa shape index (κ2) is 5.45. The molecule has 0 fully saturated rings. The van der Waals surface area contributed by atoms with Crippen LogP contribution in [0.4, 0.5) is 14.5 Å². The summed E-state index contributed by atoms with van der Waals surface area (Å²) < 4.78 is 26.6. The Hall–Kier alpha value is -2.81. The Kier molecular flexibility index (Phi) is 3.71. The van der Waals surface area contributed by atoms with Crippen LogP contribution in [0.1, 0.15) is 15.9 Å². The topological polar surface area (TPSA) is 57.0 Å². The third-order valence-electron chi connectivity index (χ3n) is 2.77. The van der Waals surface area contributed by atoms with Crippen molar-refractivity contribution >= 4 is 11.6 Å². The van der Waals surface area contributed by atoms with Gasteiger partial charge in [-0.15, -0.1) is 0 Å². The first-order chi connectivity index (χ1) is 9.56. The molecule has 1 aromatic heterocycles. The molecule has 0 aliphatic rings. The Morgan fingerprint density at radius 1 is 1.30 bits per heavy atom. The van der Waals surface area contributed by atoms with Crippen LogP contribution >= 0.6 is 0 Å². The van der Waals surface area contributed by atoms with Gasteiger partial charge in [-0.25, -0.2) is 9.37 Å². The van der Waals surface area contributed by atoms with Crippen molar-refractivity contribution in [1.82, 2.24) is 4.98 Å². The van der Waals surface area contributed by atoms with E-state index in [0.29, 0.717) is 5.69 Å². The zero-order valence-corrected chi connectivity index (χ0v) is 10.5. The molecule has 0 N–H and O–H groups in total. The molecule has 0 atom stereocenters. The van der Waals surface area contributed by atoms with Gasteiger partial charge in [0, 0.05) is 13.2 Å². The number of carbonyl (C=O) groups excluding carboxylic acids is 1. The molecule has 20 heavy (non-hydrogen) atoms. The quantitative estimate of drug-likeness (QED) is 0.790. The van der Waals surface area contributed by atoms with Crippen molar-refractivity contribution < 1.29 is 13.6 Å². The average molecular weight is 273 g/mol.